The van der Waals surface area contributed by atoms with E-state index in [9.17, 15) is 0 Å². The SMILES string of the molecule is Cc1noc(CNC2CCCCCCCCCCC2)n1. The first-order valence-electron chi connectivity index (χ1n) is 8.37. The zero-order valence-corrected chi connectivity index (χ0v) is 12.9. The molecule has 0 atom stereocenters. The van der Waals surface area contributed by atoms with Gasteiger partial charge in [0, 0.05) is 6.04 Å². The van der Waals surface area contributed by atoms with Crippen molar-refractivity contribution < 1.29 is 4.52 Å². The lowest BCUT2D eigenvalue weighted by Gasteiger charge is -2.18. The maximum absolute atomic E-state index is 5.17. The van der Waals surface area contributed by atoms with Crippen LogP contribution in [0, 0.1) is 6.92 Å². The van der Waals surface area contributed by atoms with Crippen molar-refractivity contribution >= 4 is 0 Å². The molecule has 0 aliphatic heterocycles. The summed E-state index contributed by atoms with van der Waals surface area (Å²) < 4.78 is 5.17. The van der Waals surface area contributed by atoms with Crippen LogP contribution in [0.2, 0.25) is 0 Å². The highest BCUT2D eigenvalue weighted by molar-refractivity contribution is 4.83. The molecule has 0 unspecified atom stereocenters. The standard InChI is InChI=1S/C16H29N3O/c1-14-18-16(20-19-14)13-17-15-11-9-7-5-3-2-4-6-8-10-12-15/h15,17H,2-13H2,1H3. The van der Waals surface area contributed by atoms with E-state index in [-0.39, 0.29) is 0 Å². The number of rotatable bonds is 3. The molecule has 20 heavy (non-hydrogen) atoms. The van der Waals surface area contributed by atoms with Gasteiger partial charge in [-0.15, -0.1) is 0 Å². The quantitative estimate of drug-likeness (QED) is 0.903. The second-order valence-electron chi connectivity index (χ2n) is 6.07. The summed E-state index contributed by atoms with van der Waals surface area (Å²) in [4.78, 5) is 4.26. The molecular formula is C16H29N3O. The molecule has 114 valence electrons. The van der Waals surface area contributed by atoms with Crippen molar-refractivity contribution in [1.82, 2.24) is 15.5 Å². The Labute approximate surface area is 122 Å². The molecule has 4 nitrogen and oxygen atoms in total. The molecule has 1 fully saturated rings. The zero-order valence-electron chi connectivity index (χ0n) is 12.9. The molecule has 0 spiro atoms. The molecule has 2 rings (SSSR count). The van der Waals surface area contributed by atoms with Crippen molar-refractivity contribution in [3.05, 3.63) is 11.7 Å². The third-order valence-corrected chi connectivity index (χ3v) is 4.22. The van der Waals surface area contributed by atoms with Gasteiger partial charge in [0.05, 0.1) is 6.54 Å². The van der Waals surface area contributed by atoms with Gasteiger partial charge < -0.3 is 9.84 Å². The van der Waals surface area contributed by atoms with Gasteiger partial charge in [-0.3, -0.25) is 0 Å². The predicted molar refractivity (Wildman–Crippen MR) is 80.4 cm³/mol. The fraction of sp³-hybridized carbons (Fsp3) is 0.875. The fourth-order valence-corrected chi connectivity index (χ4v) is 3.01. The number of aryl methyl sites for hydroxylation is 1. The minimum absolute atomic E-state index is 0.613. The largest absolute Gasteiger partial charge is 0.338 e. The molecular weight excluding hydrogens is 250 g/mol. The van der Waals surface area contributed by atoms with Gasteiger partial charge >= 0.3 is 0 Å². The van der Waals surface area contributed by atoms with Crippen LogP contribution in [-0.2, 0) is 6.54 Å². The summed E-state index contributed by atoms with van der Waals surface area (Å²) >= 11 is 0. The van der Waals surface area contributed by atoms with Crippen LogP contribution in [0.25, 0.3) is 0 Å². The lowest BCUT2D eigenvalue weighted by molar-refractivity contribution is 0.338. The summed E-state index contributed by atoms with van der Waals surface area (Å²) in [6.45, 7) is 2.58. The Hall–Kier alpha value is -0.900. The van der Waals surface area contributed by atoms with E-state index in [4.69, 9.17) is 4.52 Å². The molecule has 0 aromatic carbocycles. The second kappa shape index (κ2) is 9.11. The van der Waals surface area contributed by atoms with Crippen LogP contribution in [0.4, 0.5) is 0 Å². The molecule has 0 amide bonds. The van der Waals surface area contributed by atoms with E-state index >= 15 is 0 Å². The van der Waals surface area contributed by atoms with Crippen LogP contribution < -0.4 is 5.32 Å². The van der Waals surface area contributed by atoms with Crippen molar-refractivity contribution in [2.45, 2.75) is 90.1 Å². The molecule has 1 aliphatic carbocycles. The Bertz CT molecular complexity index is 352. The van der Waals surface area contributed by atoms with E-state index < -0.39 is 0 Å². The van der Waals surface area contributed by atoms with Gasteiger partial charge in [0.15, 0.2) is 5.82 Å². The highest BCUT2D eigenvalue weighted by Crippen LogP contribution is 2.17. The monoisotopic (exact) mass is 279 g/mol. The predicted octanol–water partition coefficient (Wildman–Crippen LogP) is 4.14. The Morgan fingerprint density at radius 2 is 1.50 bits per heavy atom. The summed E-state index contributed by atoms with van der Waals surface area (Å²) in [6.07, 6.45) is 15.2. The van der Waals surface area contributed by atoms with E-state index in [0.29, 0.717) is 18.5 Å². The maximum Gasteiger partial charge on any atom is 0.240 e. The van der Waals surface area contributed by atoms with E-state index in [0.717, 1.165) is 5.82 Å². The average Bonchev–Trinajstić information content (AvgIpc) is 2.84. The van der Waals surface area contributed by atoms with E-state index in [1.165, 1.54) is 70.6 Å². The Morgan fingerprint density at radius 1 is 0.950 bits per heavy atom. The van der Waals surface area contributed by atoms with E-state index in [1.807, 2.05) is 6.92 Å². The topological polar surface area (TPSA) is 51.0 Å². The number of hydrogen-bond acceptors (Lipinski definition) is 4. The van der Waals surface area contributed by atoms with Crippen molar-refractivity contribution in [2.75, 3.05) is 0 Å². The molecule has 1 saturated carbocycles. The van der Waals surface area contributed by atoms with Crippen LogP contribution >= 0.6 is 0 Å². The molecule has 1 aliphatic rings. The summed E-state index contributed by atoms with van der Waals surface area (Å²) in [6, 6.07) is 0.613. The van der Waals surface area contributed by atoms with Crippen molar-refractivity contribution in [3.8, 4) is 0 Å². The Balaban J connectivity index is 1.73. The molecule has 1 heterocycles. The van der Waals surface area contributed by atoms with Crippen LogP contribution in [0.15, 0.2) is 4.52 Å². The van der Waals surface area contributed by atoms with Gasteiger partial charge in [-0.05, 0) is 19.8 Å². The first-order valence-corrected chi connectivity index (χ1v) is 8.37. The van der Waals surface area contributed by atoms with Crippen LogP contribution in [0.5, 0.6) is 0 Å². The van der Waals surface area contributed by atoms with Crippen molar-refractivity contribution in [2.24, 2.45) is 0 Å². The van der Waals surface area contributed by atoms with Gasteiger partial charge in [0.1, 0.15) is 0 Å². The van der Waals surface area contributed by atoms with Gasteiger partial charge in [-0.2, -0.15) is 4.98 Å². The lowest BCUT2D eigenvalue weighted by atomic mass is 9.98. The molecule has 1 aromatic heterocycles. The number of nitrogens with zero attached hydrogens (tertiary/aromatic N) is 2. The highest BCUT2D eigenvalue weighted by atomic mass is 16.5. The van der Waals surface area contributed by atoms with Crippen LogP contribution in [0.1, 0.15) is 82.3 Å². The first-order chi connectivity index (χ1) is 9.84. The van der Waals surface area contributed by atoms with Crippen molar-refractivity contribution in [3.63, 3.8) is 0 Å². The highest BCUT2D eigenvalue weighted by Gasteiger charge is 2.11. The third kappa shape index (κ3) is 6.04. The smallest absolute Gasteiger partial charge is 0.240 e. The van der Waals surface area contributed by atoms with Crippen molar-refractivity contribution in [1.29, 1.82) is 0 Å². The normalized spacial score (nSPS) is 20.2. The second-order valence-corrected chi connectivity index (χ2v) is 6.07. The molecule has 1 aromatic rings. The Morgan fingerprint density at radius 3 is 2.00 bits per heavy atom. The van der Waals surface area contributed by atoms with Gasteiger partial charge in [0.25, 0.3) is 0 Å². The average molecular weight is 279 g/mol. The third-order valence-electron chi connectivity index (χ3n) is 4.22. The molecule has 1 N–H and O–H groups in total. The number of nitrogens with one attached hydrogen (secondary N) is 1. The van der Waals surface area contributed by atoms with Gasteiger partial charge in [0.2, 0.25) is 5.89 Å². The van der Waals surface area contributed by atoms with E-state index in [2.05, 4.69) is 15.5 Å². The molecule has 4 heteroatoms. The number of hydrogen-bond donors (Lipinski definition) is 1. The zero-order chi connectivity index (χ0) is 14.0. The maximum atomic E-state index is 5.17. The Kier molecular flexibility index (Phi) is 7.06. The van der Waals surface area contributed by atoms with Crippen LogP contribution in [-0.4, -0.2) is 16.2 Å². The molecule has 0 radical (unpaired) electrons. The molecule has 0 saturated heterocycles. The summed E-state index contributed by atoms with van der Waals surface area (Å²) in [5, 5.41) is 7.44. The fourth-order valence-electron chi connectivity index (χ4n) is 3.01. The lowest BCUT2D eigenvalue weighted by Crippen LogP contribution is -2.28. The minimum atomic E-state index is 0.613. The molecule has 0 bridgehead atoms. The summed E-state index contributed by atoms with van der Waals surface area (Å²) in [5.74, 6) is 1.44. The van der Waals surface area contributed by atoms with Gasteiger partial charge in [-0.25, -0.2) is 0 Å². The first kappa shape index (κ1) is 15.5. The number of aromatic nitrogens is 2. The van der Waals surface area contributed by atoms with E-state index in [1.54, 1.807) is 0 Å². The minimum Gasteiger partial charge on any atom is -0.338 e. The van der Waals surface area contributed by atoms with Gasteiger partial charge in [-0.1, -0.05) is 62.9 Å². The summed E-state index contributed by atoms with van der Waals surface area (Å²) in [7, 11) is 0. The summed E-state index contributed by atoms with van der Waals surface area (Å²) in [5.41, 5.74) is 0. The van der Waals surface area contributed by atoms with Crippen LogP contribution in [0.3, 0.4) is 0 Å².